The third kappa shape index (κ3) is 4.31. The summed E-state index contributed by atoms with van der Waals surface area (Å²) in [5.41, 5.74) is 0.884. The topological polar surface area (TPSA) is 55.0 Å². The Morgan fingerprint density at radius 1 is 1.19 bits per heavy atom. The second kappa shape index (κ2) is 8.29. The number of nitrogens with one attached hydrogen (secondary N) is 1. The van der Waals surface area contributed by atoms with Crippen LogP contribution >= 0.6 is 23.4 Å². The fourth-order valence-electron chi connectivity index (χ4n) is 2.30. The molecule has 2 aromatic carbocycles. The van der Waals surface area contributed by atoms with E-state index in [-0.39, 0.29) is 5.25 Å². The number of imidazole rings is 1. The number of benzene rings is 2. The molecule has 7 heteroatoms. The zero-order valence-electron chi connectivity index (χ0n) is 14.7. The van der Waals surface area contributed by atoms with Crippen molar-refractivity contribution in [3.05, 3.63) is 53.6 Å². The number of halogens is 1. The molecule has 3 rings (SSSR count). The first-order valence-electron chi connectivity index (χ1n) is 8.06. The van der Waals surface area contributed by atoms with E-state index in [1.165, 1.54) is 11.8 Å². The van der Waals surface area contributed by atoms with Crippen molar-refractivity contribution in [2.24, 2.45) is 0 Å². The fraction of sp³-hybridized carbons (Fsp3) is 0.211. The molecule has 1 aromatic heterocycles. The Kier molecular flexibility index (Phi) is 6.06. The number of ether oxygens (including phenoxy) is 1. The molecular formula is C19H19ClN2O2S2. The van der Waals surface area contributed by atoms with E-state index < -0.39 is 10.8 Å². The third-order valence-electron chi connectivity index (χ3n) is 3.64. The normalized spacial score (nSPS) is 12.3. The first kappa shape index (κ1) is 19.0. The minimum Gasteiger partial charge on any atom is -0.497 e. The van der Waals surface area contributed by atoms with Crippen molar-refractivity contribution in [3.63, 3.8) is 0 Å². The molecule has 3 aromatic rings. The number of methoxy groups -OCH3 is 1. The molecule has 0 aliphatic heterocycles. The Bertz CT molecular complexity index is 924. The van der Waals surface area contributed by atoms with Gasteiger partial charge in [-0.05, 0) is 36.4 Å². The molecule has 0 spiro atoms. The lowest BCUT2D eigenvalue weighted by molar-refractivity contribution is 0.415. The molecule has 136 valence electrons. The van der Waals surface area contributed by atoms with Crippen LogP contribution < -0.4 is 4.74 Å². The summed E-state index contributed by atoms with van der Waals surface area (Å²) in [6, 6.07) is 15.1. The number of H-pyrrole nitrogens is 1. The Morgan fingerprint density at radius 2 is 1.92 bits per heavy atom. The monoisotopic (exact) mass is 406 g/mol. The van der Waals surface area contributed by atoms with Crippen LogP contribution in [0.4, 0.5) is 0 Å². The lowest BCUT2D eigenvalue weighted by atomic mass is 10.2. The quantitative estimate of drug-likeness (QED) is 0.594. The molecule has 4 nitrogen and oxygen atoms in total. The Morgan fingerprint density at radius 3 is 2.58 bits per heavy atom. The second-order valence-electron chi connectivity index (χ2n) is 5.85. The van der Waals surface area contributed by atoms with Gasteiger partial charge in [-0.1, -0.05) is 49.3 Å². The van der Waals surface area contributed by atoms with Crippen molar-refractivity contribution in [2.75, 3.05) is 7.11 Å². The van der Waals surface area contributed by atoms with Crippen molar-refractivity contribution in [3.8, 4) is 17.1 Å². The molecule has 1 heterocycles. The molecule has 0 saturated heterocycles. The highest BCUT2D eigenvalue weighted by Gasteiger charge is 2.20. The third-order valence-corrected chi connectivity index (χ3v) is 6.57. The average molecular weight is 407 g/mol. The van der Waals surface area contributed by atoms with Gasteiger partial charge in [0.25, 0.3) is 0 Å². The predicted molar refractivity (Wildman–Crippen MR) is 108 cm³/mol. The molecule has 0 amide bonds. The molecule has 0 aliphatic carbocycles. The molecule has 26 heavy (non-hydrogen) atoms. The standard InChI is InChI=1S/C19H19ClN2O2S2/c1-12(2)26(23)19-18(25-16-9-7-14(20)8-10-16)21-17(22-19)13-5-4-6-15(11-13)24-3/h4-12H,1-3H3,(H,21,22). The second-order valence-corrected chi connectivity index (χ2v) is 9.30. The summed E-state index contributed by atoms with van der Waals surface area (Å²) in [4.78, 5) is 8.94. The minimum atomic E-state index is -1.18. The molecular weight excluding hydrogens is 388 g/mol. The van der Waals surface area contributed by atoms with Gasteiger partial charge in [-0.3, -0.25) is 4.21 Å². The van der Waals surface area contributed by atoms with Crippen molar-refractivity contribution in [1.82, 2.24) is 9.97 Å². The van der Waals surface area contributed by atoms with E-state index in [4.69, 9.17) is 21.3 Å². The van der Waals surface area contributed by atoms with Gasteiger partial charge in [0.05, 0.1) is 17.9 Å². The molecule has 1 unspecified atom stereocenters. The van der Waals surface area contributed by atoms with Crippen LogP contribution in [0.2, 0.25) is 5.02 Å². The van der Waals surface area contributed by atoms with Gasteiger partial charge in [-0.25, -0.2) is 4.98 Å². The van der Waals surface area contributed by atoms with Crippen LogP contribution in [0.15, 0.2) is 63.5 Å². The maximum absolute atomic E-state index is 12.8. The van der Waals surface area contributed by atoms with Gasteiger partial charge in [0.2, 0.25) is 0 Å². The van der Waals surface area contributed by atoms with Crippen LogP contribution in [0.5, 0.6) is 5.75 Å². The summed E-state index contributed by atoms with van der Waals surface area (Å²) < 4.78 is 18.0. The zero-order chi connectivity index (χ0) is 18.7. The van der Waals surface area contributed by atoms with E-state index in [0.717, 1.165) is 16.2 Å². The first-order chi connectivity index (χ1) is 12.5. The van der Waals surface area contributed by atoms with Gasteiger partial charge in [0.1, 0.15) is 21.6 Å². The number of aromatic nitrogens is 2. The lowest BCUT2D eigenvalue weighted by Gasteiger charge is -2.05. The first-order valence-corrected chi connectivity index (χ1v) is 10.5. The molecule has 0 radical (unpaired) electrons. The van der Waals surface area contributed by atoms with Gasteiger partial charge in [-0.2, -0.15) is 0 Å². The van der Waals surface area contributed by atoms with Crippen molar-refractivity contribution in [2.45, 2.75) is 34.0 Å². The molecule has 0 saturated carbocycles. The van der Waals surface area contributed by atoms with Crippen molar-refractivity contribution < 1.29 is 8.95 Å². The largest absolute Gasteiger partial charge is 0.497 e. The van der Waals surface area contributed by atoms with Gasteiger partial charge < -0.3 is 9.72 Å². The van der Waals surface area contributed by atoms with Gasteiger partial charge in [0.15, 0.2) is 0 Å². The predicted octanol–water partition coefficient (Wildman–Crippen LogP) is 5.41. The minimum absolute atomic E-state index is 0.0156. The van der Waals surface area contributed by atoms with E-state index in [0.29, 0.717) is 20.9 Å². The lowest BCUT2D eigenvalue weighted by Crippen LogP contribution is -2.07. The molecule has 0 aliphatic rings. The summed E-state index contributed by atoms with van der Waals surface area (Å²) in [5, 5.41) is 2.01. The number of aromatic amines is 1. The number of hydrogen-bond acceptors (Lipinski definition) is 4. The summed E-state index contributed by atoms with van der Waals surface area (Å²) in [6.45, 7) is 3.86. The van der Waals surface area contributed by atoms with E-state index in [2.05, 4.69) is 4.98 Å². The highest BCUT2D eigenvalue weighted by atomic mass is 35.5. The van der Waals surface area contributed by atoms with Crippen molar-refractivity contribution >= 4 is 34.2 Å². The summed E-state index contributed by atoms with van der Waals surface area (Å²) in [6.07, 6.45) is 0. The molecule has 0 bridgehead atoms. The Hall–Kier alpha value is -1.76. The van der Waals surface area contributed by atoms with Crippen LogP contribution in [0, 0.1) is 0 Å². The maximum atomic E-state index is 12.8. The van der Waals surface area contributed by atoms with Gasteiger partial charge in [0, 0.05) is 20.7 Å². The summed E-state index contributed by atoms with van der Waals surface area (Å²) in [7, 11) is 0.446. The van der Waals surface area contributed by atoms with Crippen LogP contribution in [-0.2, 0) is 10.8 Å². The number of rotatable bonds is 6. The Balaban J connectivity index is 2.02. The average Bonchev–Trinajstić information content (AvgIpc) is 3.06. The highest BCUT2D eigenvalue weighted by molar-refractivity contribution is 7.99. The van der Waals surface area contributed by atoms with E-state index in [9.17, 15) is 4.21 Å². The van der Waals surface area contributed by atoms with Crippen LogP contribution in [-0.4, -0.2) is 26.5 Å². The van der Waals surface area contributed by atoms with Crippen LogP contribution in [0.1, 0.15) is 13.8 Å². The van der Waals surface area contributed by atoms with Crippen LogP contribution in [0.25, 0.3) is 11.4 Å². The highest BCUT2D eigenvalue weighted by Crippen LogP contribution is 2.34. The van der Waals surface area contributed by atoms with E-state index >= 15 is 0 Å². The molecule has 0 fully saturated rings. The van der Waals surface area contributed by atoms with E-state index in [1.807, 2.05) is 62.4 Å². The fourth-order valence-corrected chi connectivity index (χ4v) is 4.46. The number of hydrogen-bond donors (Lipinski definition) is 1. The smallest absolute Gasteiger partial charge is 0.139 e. The van der Waals surface area contributed by atoms with Gasteiger partial charge >= 0.3 is 0 Å². The Labute approximate surface area is 164 Å². The van der Waals surface area contributed by atoms with Gasteiger partial charge in [-0.15, -0.1) is 0 Å². The maximum Gasteiger partial charge on any atom is 0.139 e. The summed E-state index contributed by atoms with van der Waals surface area (Å²) in [5.74, 6) is 1.42. The van der Waals surface area contributed by atoms with Crippen LogP contribution in [0.3, 0.4) is 0 Å². The zero-order valence-corrected chi connectivity index (χ0v) is 17.0. The molecule has 1 atom stereocenters. The van der Waals surface area contributed by atoms with E-state index in [1.54, 1.807) is 7.11 Å². The number of nitrogens with zero attached hydrogens (tertiary/aromatic N) is 1. The molecule has 1 N–H and O–H groups in total. The SMILES string of the molecule is COc1cccc(-c2nc(Sc3ccc(Cl)cc3)c(S(=O)C(C)C)[nH]2)c1. The summed E-state index contributed by atoms with van der Waals surface area (Å²) >= 11 is 7.43. The van der Waals surface area contributed by atoms with Crippen molar-refractivity contribution in [1.29, 1.82) is 0 Å².